The molecule has 0 aliphatic carbocycles. The number of rotatable bonds is 8. The third kappa shape index (κ3) is 6.07. The molecule has 8 heteroatoms. The van der Waals surface area contributed by atoms with E-state index >= 15 is 0 Å². The number of anilines is 1. The van der Waals surface area contributed by atoms with Crippen LogP contribution in [0.5, 0.6) is 11.5 Å². The van der Waals surface area contributed by atoms with Crippen LogP contribution in [0.1, 0.15) is 16.7 Å². The van der Waals surface area contributed by atoms with Gasteiger partial charge in [-0.25, -0.2) is 0 Å². The van der Waals surface area contributed by atoms with Gasteiger partial charge in [0, 0.05) is 6.54 Å². The Bertz CT molecular complexity index is 823. The van der Waals surface area contributed by atoms with E-state index in [-0.39, 0.29) is 24.0 Å². The van der Waals surface area contributed by atoms with Crippen LogP contribution in [0.3, 0.4) is 0 Å². The van der Waals surface area contributed by atoms with E-state index in [0.717, 1.165) is 16.7 Å². The number of nitrogens with zero attached hydrogens (tertiary/aromatic N) is 1. The van der Waals surface area contributed by atoms with Crippen molar-refractivity contribution >= 4 is 23.2 Å². The average Bonchev–Trinajstić information content (AvgIpc) is 2.58. The van der Waals surface area contributed by atoms with E-state index in [0.29, 0.717) is 17.3 Å². The summed E-state index contributed by atoms with van der Waals surface area (Å²) in [6.45, 7) is 1.43. The number of carbonyl (C=O) groups excluding carboxylic acids is 1. The number of alkyl halides is 2. The predicted molar refractivity (Wildman–Crippen MR) is 106 cm³/mol. The van der Waals surface area contributed by atoms with Gasteiger partial charge < -0.3 is 14.8 Å². The van der Waals surface area contributed by atoms with Crippen LogP contribution in [0.4, 0.5) is 14.5 Å². The second kappa shape index (κ2) is 9.71. The van der Waals surface area contributed by atoms with Gasteiger partial charge in [-0.15, -0.1) is 0 Å². The van der Waals surface area contributed by atoms with Crippen LogP contribution in [-0.2, 0) is 11.3 Å². The minimum Gasteiger partial charge on any atom is -0.493 e. The standard InChI is InChI=1S/C20H23ClF2N2O3/c1-12-7-13(2)19(15(21)8-12)24-18(26)11-25(3)10-14-5-6-16(28-20(22)23)17(9-14)27-4/h5-9,20H,10-11H2,1-4H3,(H,24,26). The predicted octanol–water partition coefficient (Wildman–Crippen LogP) is 4.64. The minimum atomic E-state index is -2.93. The fourth-order valence-corrected chi connectivity index (χ4v) is 3.24. The van der Waals surface area contributed by atoms with Crippen molar-refractivity contribution in [3.63, 3.8) is 0 Å². The molecule has 28 heavy (non-hydrogen) atoms. The summed E-state index contributed by atoms with van der Waals surface area (Å²) in [6, 6.07) is 8.41. The minimum absolute atomic E-state index is 0.0360. The number of aryl methyl sites for hydroxylation is 2. The number of ether oxygens (including phenoxy) is 2. The first-order chi connectivity index (χ1) is 13.2. The molecule has 0 bridgehead atoms. The largest absolute Gasteiger partial charge is 0.493 e. The highest BCUT2D eigenvalue weighted by Gasteiger charge is 2.14. The normalized spacial score (nSPS) is 11.0. The molecular weight excluding hydrogens is 390 g/mol. The number of carbonyl (C=O) groups is 1. The van der Waals surface area contributed by atoms with Crippen LogP contribution in [0, 0.1) is 13.8 Å². The first kappa shape index (κ1) is 21.9. The maximum absolute atomic E-state index is 12.4. The quantitative estimate of drug-likeness (QED) is 0.686. The lowest BCUT2D eigenvalue weighted by atomic mass is 10.1. The van der Waals surface area contributed by atoms with Crippen molar-refractivity contribution < 1.29 is 23.0 Å². The molecule has 0 aromatic heterocycles. The maximum Gasteiger partial charge on any atom is 0.387 e. The van der Waals surface area contributed by atoms with E-state index in [4.69, 9.17) is 16.3 Å². The number of halogens is 3. The fraction of sp³-hybridized carbons (Fsp3) is 0.350. The summed E-state index contributed by atoms with van der Waals surface area (Å²) in [5, 5.41) is 3.33. The molecule has 2 aromatic carbocycles. The molecule has 0 atom stereocenters. The zero-order chi connectivity index (χ0) is 20.8. The van der Waals surface area contributed by atoms with Gasteiger partial charge in [0.15, 0.2) is 11.5 Å². The number of likely N-dealkylation sites (N-methyl/N-ethyl adjacent to an activating group) is 1. The third-order valence-corrected chi connectivity index (χ3v) is 4.30. The summed E-state index contributed by atoms with van der Waals surface area (Å²) in [5.74, 6) is -0.0372. The maximum atomic E-state index is 12.4. The number of benzene rings is 2. The monoisotopic (exact) mass is 412 g/mol. The van der Waals surface area contributed by atoms with Crippen LogP contribution in [-0.4, -0.2) is 38.1 Å². The Morgan fingerprint density at radius 2 is 1.93 bits per heavy atom. The molecular formula is C20H23ClF2N2O3. The Kier molecular flexibility index (Phi) is 7.60. The number of hydrogen-bond donors (Lipinski definition) is 1. The lowest BCUT2D eigenvalue weighted by Gasteiger charge is -2.18. The van der Waals surface area contributed by atoms with Gasteiger partial charge in [0.25, 0.3) is 0 Å². The first-order valence-corrected chi connectivity index (χ1v) is 8.94. The molecule has 5 nitrogen and oxygen atoms in total. The lowest BCUT2D eigenvalue weighted by molar-refractivity contribution is -0.117. The SMILES string of the molecule is COc1cc(CN(C)CC(=O)Nc2c(C)cc(C)cc2Cl)ccc1OC(F)F. The van der Waals surface area contributed by atoms with Crippen molar-refractivity contribution in [2.45, 2.75) is 27.0 Å². The van der Waals surface area contributed by atoms with Gasteiger partial charge in [0.05, 0.1) is 24.4 Å². The van der Waals surface area contributed by atoms with Crippen molar-refractivity contribution in [3.8, 4) is 11.5 Å². The Labute approximate surface area is 168 Å². The van der Waals surface area contributed by atoms with E-state index in [1.165, 1.54) is 13.2 Å². The van der Waals surface area contributed by atoms with E-state index in [2.05, 4.69) is 10.1 Å². The van der Waals surface area contributed by atoms with Gasteiger partial charge in [-0.05, 0) is 55.8 Å². The Morgan fingerprint density at radius 1 is 1.21 bits per heavy atom. The van der Waals surface area contributed by atoms with Crippen molar-refractivity contribution in [2.24, 2.45) is 0 Å². The first-order valence-electron chi connectivity index (χ1n) is 8.56. The van der Waals surface area contributed by atoms with E-state index in [9.17, 15) is 13.6 Å². The molecule has 0 radical (unpaired) electrons. The van der Waals surface area contributed by atoms with Gasteiger partial charge in [0.1, 0.15) is 0 Å². The van der Waals surface area contributed by atoms with Crippen molar-refractivity contribution in [3.05, 3.63) is 52.0 Å². The topological polar surface area (TPSA) is 50.8 Å². The van der Waals surface area contributed by atoms with Gasteiger partial charge >= 0.3 is 6.61 Å². The van der Waals surface area contributed by atoms with Crippen LogP contribution in [0.25, 0.3) is 0 Å². The molecule has 0 saturated carbocycles. The zero-order valence-electron chi connectivity index (χ0n) is 16.2. The van der Waals surface area contributed by atoms with Gasteiger partial charge in [0.2, 0.25) is 5.91 Å². The molecule has 0 saturated heterocycles. The third-order valence-electron chi connectivity index (χ3n) is 4.01. The summed E-state index contributed by atoms with van der Waals surface area (Å²) in [7, 11) is 3.15. The molecule has 0 spiro atoms. The van der Waals surface area contributed by atoms with Gasteiger partial charge in [-0.3, -0.25) is 9.69 Å². The molecule has 1 amide bonds. The Balaban J connectivity index is 2.00. The van der Waals surface area contributed by atoms with Crippen molar-refractivity contribution in [1.82, 2.24) is 4.90 Å². The second-order valence-electron chi connectivity index (χ2n) is 6.52. The van der Waals surface area contributed by atoms with Crippen LogP contribution >= 0.6 is 11.6 Å². The molecule has 0 fully saturated rings. The highest BCUT2D eigenvalue weighted by atomic mass is 35.5. The lowest BCUT2D eigenvalue weighted by Crippen LogP contribution is -2.30. The average molecular weight is 413 g/mol. The summed E-state index contributed by atoms with van der Waals surface area (Å²) in [6.07, 6.45) is 0. The second-order valence-corrected chi connectivity index (χ2v) is 6.93. The molecule has 0 heterocycles. The zero-order valence-corrected chi connectivity index (χ0v) is 16.9. The summed E-state index contributed by atoms with van der Waals surface area (Å²) in [5.41, 5.74) is 3.30. The molecule has 0 aliphatic rings. The van der Waals surface area contributed by atoms with Crippen molar-refractivity contribution in [2.75, 3.05) is 26.0 Å². The van der Waals surface area contributed by atoms with E-state index < -0.39 is 6.61 Å². The molecule has 0 aliphatic heterocycles. The van der Waals surface area contributed by atoms with Gasteiger partial charge in [-0.1, -0.05) is 23.7 Å². The Hall–Kier alpha value is -2.38. The Morgan fingerprint density at radius 3 is 2.54 bits per heavy atom. The fourth-order valence-electron chi connectivity index (χ4n) is 2.87. The van der Waals surface area contributed by atoms with Gasteiger partial charge in [-0.2, -0.15) is 8.78 Å². The number of hydrogen-bond acceptors (Lipinski definition) is 4. The van der Waals surface area contributed by atoms with E-state index in [1.807, 2.05) is 19.9 Å². The number of amides is 1. The smallest absolute Gasteiger partial charge is 0.387 e. The summed E-state index contributed by atoms with van der Waals surface area (Å²) >= 11 is 6.22. The molecule has 2 aromatic rings. The number of methoxy groups -OCH3 is 1. The van der Waals surface area contributed by atoms with Crippen LogP contribution in [0.2, 0.25) is 5.02 Å². The molecule has 1 N–H and O–H groups in total. The summed E-state index contributed by atoms with van der Waals surface area (Å²) in [4.78, 5) is 14.1. The number of nitrogens with one attached hydrogen (secondary N) is 1. The van der Waals surface area contributed by atoms with E-state index in [1.54, 1.807) is 30.1 Å². The molecule has 152 valence electrons. The van der Waals surface area contributed by atoms with Crippen LogP contribution < -0.4 is 14.8 Å². The van der Waals surface area contributed by atoms with Crippen molar-refractivity contribution in [1.29, 1.82) is 0 Å². The highest BCUT2D eigenvalue weighted by Crippen LogP contribution is 2.30. The highest BCUT2D eigenvalue weighted by molar-refractivity contribution is 6.34. The molecule has 2 rings (SSSR count). The summed E-state index contributed by atoms with van der Waals surface area (Å²) < 4.78 is 34.3. The van der Waals surface area contributed by atoms with Crippen LogP contribution in [0.15, 0.2) is 30.3 Å². The molecule has 0 unspecified atom stereocenters.